The lowest BCUT2D eigenvalue weighted by Gasteiger charge is -2.24. The zero-order valence-corrected chi connectivity index (χ0v) is 14.0. The molecule has 24 heavy (non-hydrogen) atoms. The molecule has 0 aliphatic carbocycles. The van der Waals surface area contributed by atoms with Crippen LogP contribution in [0.15, 0.2) is 42.5 Å². The van der Waals surface area contributed by atoms with Crippen LogP contribution in [0.2, 0.25) is 0 Å². The van der Waals surface area contributed by atoms with Crippen molar-refractivity contribution in [3.8, 4) is 17.2 Å². The maximum Gasteiger partial charge on any atom is 0.161 e. The molecular formula is C21H24O3. The highest BCUT2D eigenvalue weighted by atomic mass is 16.5. The molecule has 0 saturated carbocycles. The number of benzene rings is 2. The Hall–Kier alpha value is -2.16. The molecule has 3 nitrogen and oxygen atoms in total. The third-order valence-corrected chi connectivity index (χ3v) is 4.92. The molecule has 4 rings (SSSR count). The Labute approximate surface area is 143 Å². The second-order valence-corrected chi connectivity index (χ2v) is 6.62. The number of fused-ring (bicyclic) bond motifs is 2. The summed E-state index contributed by atoms with van der Waals surface area (Å²) in [6.07, 6.45) is 5.73. The second-order valence-electron chi connectivity index (χ2n) is 6.62. The molecule has 0 N–H and O–H groups in total. The van der Waals surface area contributed by atoms with Gasteiger partial charge in [-0.3, -0.25) is 0 Å². The van der Waals surface area contributed by atoms with Gasteiger partial charge in [-0.2, -0.15) is 0 Å². The Balaban J connectivity index is 1.54. The number of hydrogen-bond acceptors (Lipinski definition) is 3. The number of hydrogen-bond donors (Lipinski definition) is 0. The summed E-state index contributed by atoms with van der Waals surface area (Å²) in [5.74, 6) is 3.11. The molecule has 2 aromatic carbocycles. The summed E-state index contributed by atoms with van der Waals surface area (Å²) in [4.78, 5) is 0. The highest BCUT2D eigenvalue weighted by Gasteiger charge is 2.19. The number of rotatable bonds is 1. The highest BCUT2D eigenvalue weighted by molar-refractivity contribution is 5.41. The van der Waals surface area contributed by atoms with E-state index in [4.69, 9.17) is 14.2 Å². The molecule has 0 bridgehead atoms. The fraction of sp³-hybridized carbons (Fsp3) is 0.429. The van der Waals surface area contributed by atoms with Gasteiger partial charge in [0.15, 0.2) is 11.5 Å². The SMILES string of the molecule is c1ccc2c(c1)OCCC(c1ccc3c(c1)CCCCCO3)CO2. The molecule has 0 amide bonds. The highest BCUT2D eigenvalue weighted by Crippen LogP contribution is 2.34. The molecule has 3 heteroatoms. The molecule has 1 unspecified atom stereocenters. The van der Waals surface area contributed by atoms with E-state index in [9.17, 15) is 0 Å². The molecular weight excluding hydrogens is 300 g/mol. The van der Waals surface area contributed by atoms with Crippen LogP contribution in [0.5, 0.6) is 17.2 Å². The molecule has 0 radical (unpaired) electrons. The Morgan fingerprint density at radius 1 is 0.750 bits per heavy atom. The molecule has 0 fully saturated rings. The summed E-state index contributed by atoms with van der Waals surface area (Å²) in [5, 5.41) is 0. The van der Waals surface area contributed by atoms with Crippen molar-refractivity contribution in [3.63, 3.8) is 0 Å². The number of aryl methyl sites for hydroxylation is 1. The average molecular weight is 324 g/mol. The minimum absolute atomic E-state index is 0.356. The van der Waals surface area contributed by atoms with Crippen LogP contribution in [0.3, 0.4) is 0 Å². The lowest BCUT2D eigenvalue weighted by atomic mass is 9.93. The van der Waals surface area contributed by atoms with E-state index in [1.54, 1.807) is 0 Å². The molecule has 2 aromatic rings. The molecule has 126 valence electrons. The Kier molecular flexibility index (Phi) is 4.59. The lowest BCUT2D eigenvalue weighted by molar-refractivity contribution is 0.204. The Morgan fingerprint density at radius 3 is 2.50 bits per heavy atom. The smallest absolute Gasteiger partial charge is 0.161 e. The van der Waals surface area contributed by atoms with Gasteiger partial charge < -0.3 is 14.2 Å². The van der Waals surface area contributed by atoms with Crippen molar-refractivity contribution in [1.82, 2.24) is 0 Å². The molecule has 0 spiro atoms. The first-order valence-electron chi connectivity index (χ1n) is 9.00. The summed E-state index contributed by atoms with van der Waals surface area (Å²) < 4.78 is 17.8. The van der Waals surface area contributed by atoms with E-state index in [1.807, 2.05) is 24.3 Å². The van der Waals surface area contributed by atoms with Crippen LogP contribution in [0.1, 0.15) is 42.7 Å². The summed E-state index contributed by atoms with van der Waals surface area (Å²) in [7, 11) is 0. The van der Waals surface area contributed by atoms with Crippen molar-refractivity contribution in [3.05, 3.63) is 53.6 Å². The van der Waals surface area contributed by atoms with Gasteiger partial charge in [0.2, 0.25) is 0 Å². The van der Waals surface area contributed by atoms with E-state index in [1.165, 1.54) is 24.0 Å². The van der Waals surface area contributed by atoms with Crippen LogP contribution in [-0.4, -0.2) is 19.8 Å². The summed E-state index contributed by atoms with van der Waals surface area (Å²) >= 11 is 0. The van der Waals surface area contributed by atoms with E-state index in [-0.39, 0.29) is 0 Å². The first kappa shape index (κ1) is 15.4. The van der Waals surface area contributed by atoms with Gasteiger partial charge in [-0.05, 0) is 61.4 Å². The minimum Gasteiger partial charge on any atom is -0.493 e. The van der Waals surface area contributed by atoms with E-state index in [2.05, 4.69) is 18.2 Å². The molecule has 1 atom stereocenters. The van der Waals surface area contributed by atoms with Crippen LogP contribution in [0, 0.1) is 0 Å². The number of ether oxygens (including phenoxy) is 3. The fourth-order valence-electron chi connectivity index (χ4n) is 3.50. The third kappa shape index (κ3) is 3.35. The monoisotopic (exact) mass is 324 g/mol. The quantitative estimate of drug-likeness (QED) is 0.758. The molecule has 0 aromatic heterocycles. The predicted octanol–water partition coefficient (Wildman–Crippen LogP) is 4.74. The van der Waals surface area contributed by atoms with Crippen LogP contribution in [0.4, 0.5) is 0 Å². The fourth-order valence-corrected chi connectivity index (χ4v) is 3.50. The van der Waals surface area contributed by atoms with Gasteiger partial charge in [-0.25, -0.2) is 0 Å². The van der Waals surface area contributed by atoms with Crippen molar-refractivity contribution in [2.45, 2.75) is 38.0 Å². The van der Waals surface area contributed by atoms with Gasteiger partial charge in [-0.1, -0.05) is 24.3 Å². The predicted molar refractivity (Wildman–Crippen MR) is 94.3 cm³/mol. The normalized spacial score (nSPS) is 20.6. The van der Waals surface area contributed by atoms with Crippen LogP contribution >= 0.6 is 0 Å². The average Bonchev–Trinajstić information content (AvgIpc) is 2.56. The van der Waals surface area contributed by atoms with Gasteiger partial charge in [0.1, 0.15) is 5.75 Å². The molecule has 0 saturated heterocycles. The molecule has 2 heterocycles. The van der Waals surface area contributed by atoms with Crippen LogP contribution in [-0.2, 0) is 6.42 Å². The zero-order valence-electron chi connectivity index (χ0n) is 14.0. The van der Waals surface area contributed by atoms with Gasteiger partial charge in [0, 0.05) is 5.92 Å². The molecule has 2 aliphatic rings. The van der Waals surface area contributed by atoms with Gasteiger partial charge >= 0.3 is 0 Å². The van der Waals surface area contributed by atoms with Gasteiger partial charge in [-0.15, -0.1) is 0 Å². The maximum atomic E-state index is 6.03. The lowest BCUT2D eigenvalue weighted by Crippen LogP contribution is -2.17. The molecule has 2 aliphatic heterocycles. The summed E-state index contributed by atoms with van der Waals surface area (Å²) in [6.45, 7) is 2.25. The van der Waals surface area contributed by atoms with E-state index in [0.29, 0.717) is 12.5 Å². The first-order chi connectivity index (χ1) is 11.9. The van der Waals surface area contributed by atoms with Crippen molar-refractivity contribution in [2.75, 3.05) is 19.8 Å². The second kappa shape index (κ2) is 7.16. The standard InChI is InChI=1S/C21H24O3/c1-2-6-17-14-16(9-10-19(17)22-12-5-1)18-11-13-23-20-7-3-4-8-21(20)24-15-18/h3-4,7-10,14,18H,1-2,5-6,11-13,15H2. The van der Waals surface area contributed by atoms with E-state index >= 15 is 0 Å². The topological polar surface area (TPSA) is 27.7 Å². The Bertz CT molecular complexity index is 695. The third-order valence-electron chi connectivity index (χ3n) is 4.92. The van der Waals surface area contributed by atoms with Crippen molar-refractivity contribution < 1.29 is 14.2 Å². The minimum atomic E-state index is 0.356. The van der Waals surface area contributed by atoms with Crippen LogP contribution < -0.4 is 14.2 Å². The summed E-state index contributed by atoms with van der Waals surface area (Å²) in [5.41, 5.74) is 2.68. The van der Waals surface area contributed by atoms with E-state index < -0.39 is 0 Å². The number of para-hydroxylation sites is 2. The van der Waals surface area contributed by atoms with Crippen molar-refractivity contribution in [1.29, 1.82) is 0 Å². The van der Waals surface area contributed by atoms with E-state index in [0.717, 1.165) is 49.7 Å². The van der Waals surface area contributed by atoms with Crippen molar-refractivity contribution in [2.24, 2.45) is 0 Å². The maximum absolute atomic E-state index is 6.03. The largest absolute Gasteiger partial charge is 0.493 e. The zero-order chi connectivity index (χ0) is 16.2. The summed E-state index contributed by atoms with van der Waals surface area (Å²) in [6, 6.07) is 14.6. The van der Waals surface area contributed by atoms with Crippen LogP contribution in [0.25, 0.3) is 0 Å². The Morgan fingerprint density at radius 2 is 1.58 bits per heavy atom. The van der Waals surface area contributed by atoms with Gasteiger partial charge in [0.25, 0.3) is 0 Å². The first-order valence-corrected chi connectivity index (χ1v) is 9.00. The van der Waals surface area contributed by atoms with Crippen molar-refractivity contribution >= 4 is 0 Å². The van der Waals surface area contributed by atoms with Gasteiger partial charge in [0.05, 0.1) is 19.8 Å².